The van der Waals surface area contributed by atoms with E-state index in [0.29, 0.717) is 0 Å². The molecule has 0 aromatic carbocycles. The minimum absolute atomic E-state index is 0.0852. The molecule has 0 atom stereocenters. The van der Waals surface area contributed by atoms with E-state index in [4.69, 9.17) is 11.1 Å². The van der Waals surface area contributed by atoms with E-state index in [2.05, 4.69) is 21.8 Å². The zero-order chi connectivity index (χ0) is 11.5. The average molecular weight is 219 g/mol. The van der Waals surface area contributed by atoms with Crippen molar-refractivity contribution in [3.8, 4) is 0 Å². The zero-order valence-electron chi connectivity index (χ0n) is 9.48. The molecule has 0 amide bonds. The van der Waals surface area contributed by atoms with Gasteiger partial charge in [-0.25, -0.2) is 4.98 Å². The van der Waals surface area contributed by atoms with Crippen molar-refractivity contribution in [1.82, 2.24) is 9.88 Å². The Balaban J connectivity index is 2.23. The van der Waals surface area contributed by atoms with Gasteiger partial charge in [0, 0.05) is 32.4 Å². The van der Waals surface area contributed by atoms with Crippen LogP contribution in [-0.2, 0) is 0 Å². The standard InChI is InChI=1S/C11H17N5/c1-15-5-7-16(8-6-15)11-9(10(12)13)3-2-4-14-11/h2-4H,5-8H2,1H3,(H3,12,13). The molecule has 2 heterocycles. The van der Waals surface area contributed by atoms with Crippen LogP contribution in [0.1, 0.15) is 5.56 Å². The second-order valence-corrected chi connectivity index (χ2v) is 4.08. The summed E-state index contributed by atoms with van der Waals surface area (Å²) in [4.78, 5) is 8.81. The number of nitrogens with zero attached hydrogens (tertiary/aromatic N) is 3. The molecule has 2 rings (SSSR count). The predicted octanol–water partition coefficient (Wildman–Crippen LogP) is 0.117. The Morgan fingerprint density at radius 2 is 2.06 bits per heavy atom. The van der Waals surface area contributed by atoms with Crippen molar-refractivity contribution >= 4 is 11.7 Å². The highest BCUT2D eigenvalue weighted by molar-refractivity contribution is 5.99. The van der Waals surface area contributed by atoms with Gasteiger partial charge in [0.1, 0.15) is 11.7 Å². The Morgan fingerprint density at radius 3 is 2.69 bits per heavy atom. The molecule has 0 unspecified atom stereocenters. The number of rotatable bonds is 2. The summed E-state index contributed by atoms with van der Waals surface area (Å²) in [5, 5.41) is 7.54. The molecule has 16 heavy (non-hydrogen) atoms. The van der Waals surface area contributed by atoms with Crippen LogP contribution in [-0.4, -0.2) is 48.9 Å². The SMILES string of the molecule is CN1CCN(c2ncccc2C(=N)N)CC1. The summed E-state index contributed by atoms with van der Waals surface area (Å²) in [5.74, 6) is 0.921. The lowest BCUT2D eigenvalue weighted by Gasteiger charge is -2.34. The number of hydrogen-bond acceptors (Lipinski definition) is 4. The highest BCUT2D eigenvalue weighted by Crippen LogP contribution is 2.17. The number of likely N-dealkylation sites (N-methyl/N-ethyl adjacent to an activating group) is 1. The molecule has 1 aromatic rings. The molecule has 0 spiro atoms. The smallest absolute Gasteiger partial charge is 0.139 e. The summed E-state index contributed by atoms with van der Waals surface area (Å²) in [6.45, 7) is 3.92. The summed E-state index contributed by atoms with van der Waals surface area (Å²) in [7, 11) is 2.11. The predicted molar refractivity (Wildman–Crippen MR) is 65.0 cm³/mol. The number of amidine groups is 1. The molecule has 5 nitrogen and oxygen atoms in total. The fourth-order valence-electron chi connectivity index (χ4n) is 1.88. The zero-order valence-corrected chi connectivity index (χ0v) is 9.48. The number of anilines is 1. The van der Waals surface area contributed by atoms with Crippen LogP contribution < -0.4 is 10.6 Å². The van der Waals surface area contributed by atoms with E-state index in [-0.39, 0.29) is 5.84 Å². The maximum absolute atomic E-state index is 7.54. The highest BCUT2D eigenvalue weighted by atomic mass is 15.3. The van der Waals surface area contributed by atoms with Gasteiger partial charge < -0.3 is 15.5 Å². The van der Waals surface area contributed by atoms with E-state index in [1.165, 1.54) is 0 Å². The summed E-state index contributed by atoms with van der Waals surface area (Å²) >= 11 is 0. The Bertz CT molecular complexity index is 382. The van der Waals surface area contributed by atoms with E-state index in [0.717, 1.165) is 37.6 Å². The Labute approximate surface area is 95.4 Å². The fourth-order valence-corrected chi connectivity index (χ4v) is 1.88. The molecule has 1 aromatic heterocycles. The highest BCUT2D eigenvalue weighted by Gasteiger charge is 2.18. The first kappa shape index (κ1) is 10.9. The van der Waals surface area contributed by atoms with Gasteiger partial charge >= 0.3 is 0 Å². The van der Waals surface area contributed by atoms with Crippen LogP contribution in [0.25, 0.3) is 0 Å². The lowest BCUT2D eigenvalue weighted by molar-refractivity contribution is 0.312. The molecule has 5 heteroatoms. The molecule has 86 valence electrons. The second kappa shape index (κ2) is 4.49. The molecule has 0 aliphatic carbocycles. The van der Waals surface area contributed by atoms with Crippen molar-refractivity contribution in [3.63, 3.8) is 0 Å². The summed E-state index contributed by atoms with van der Waals surface area (Å²) in [6, 6.07) is 3.67. The molecule has 1 aliphatic rings. The number of pyridine rings is 1. The van der Waals surface area contributed by atoms with Crippen molar-refractivity contribution < 1.29 is 0 Å². The molecule has 3 N–H and O–H groups in total. The Morgan fingerprint density at radius 1 is 1.38 bits per heavy atom. The third-order valence-corrected chi connectivity index (χ3v) is 2.88. The topological polar surface area (TPSA) is 69.2 Å². The summed E-state index contributed by atoms with van der Waals surface area (Å²) < 4.78 is 0. The molecule has 0 saturated carbocycles. The van der Waals surface area contributed by atoms with Gasteiger partial charge in [0.25, 0.3) is 0 Å². The second-order valence-electron chi connectivity index (χ2n) is 4.08. The fraction of sp³-hybridized carbons (Fsp3) is 0.455. The van der Waals surface area contributed by atoms with Crippen LogP contribution in [0.5, 0.6) is 0 Å². The molecule has 0 bridgehead atoms. The third-order valence-electron chi connectivity index (χ3n) is 2.88. The third kappa shape index (κ3) is 2.14. The van der Waals surface area contributed by atoms with Crippen molar-refractivity contribution in [3.05, 3.63) is 23.9 Å². The van der Waals surface area contributed by atoms with Crippen LogP contribution in [0, 0.1) is 5.41 Å². The monoisotopic (exact) mass is 219 g/mol. The van der Waals surface area contributed by atoms with Gasteiger partial charge in [0.15, 0.2) is 0 Å². The first-order valence-electron chi connectivity index (χ1n) is 5.41. The molecule has 1 fully saturated rings. The largest absolute Gasteiger partial charge is 0.384 e. The molecule has 1 aliphatic heterocycles. The van der Waals surface area contributed by atoms with Gasteiger partial charge in [-0.3, -0.25) is 5.41 Å². The number of piperazine rings is 1. The Hall–Kier alpha value is -1.62. The summed E-state index contributed by atoms with van der Waals surface area (Å²) in [5.41, 5.74) is 6.28. The van der Waals surface area contributed by atoms with Crippen LogP contribution >= 0.6 is 0 Å². The molecular weight excluding hydrogens is 202 g/mol. The van der Waals surface area contributed by atoms with Gasteiger partial charge in [0.2, 0.25) is 0 Å². The Kier molecular flexibility index (Phi) is 3.05. The van der Waals surface area contributed by atoms with Crippen molar-refractivity contribution in [2.45, 2.75) is 0 Å². The molecular formula is C11H17N5. The van der Waals surface area contributed by atoms with Gasteiger partial charge in [-0.15, -0.1) is 0 Å². The van der Waals surface area contributed by atoms with E-state index in [1.807, 2.05) is 12.1 Å². The van der Waals surface area contributed by atoms with Crippen LogP contribution in [0.4, 0.5) is 5.82 Å². The molecule has 1 saturated heterocycles. The van der Waals surface area contributed by atoms with Crippen molar-refractivity contribution in [2.24, 2.45) is 5.73 Å². The van der Waals surface area contributed by atoms with Crippen LogP contribution in [0.15, 0.2) is 18.3 Å². The number of nitrogen functional groups attached to an aromatic ring is 1. The van der Waals surface area contributed by atoms with Crippen molar-refractivity contribution in [2.75, 3.05) is 38.1 Å². The minimum Gasteiger partial charge on any atom is -0.384 e. The lowest BCUT2D eigenvalue weighted by atomic mass is 10.2. The van der Waals surface area contributed by atoms with Gasteiger partial charge in [-0.05, 0) is 19.2 Å². The maximum Gasteiger partial charge on any atom is 0.139 e. The van der Waals surface area contributed by atoms with Gasteiger partial charge in [-0.1, -0.05) is 0 Å². The first-order chi connectivity index (χ1) is 7.68. The number of aromatic nitrogens is 1. The van der Waals surface area contributed by atoms with Crippen molar-refractivity contribution in [1.29, 1.82) is 5.41 Å². The number of nitrogens with one attached hydrogen (secondary N) is 1. The quantitative estimate of drug-likeness (QED) is 0.547. The molecule has 0 radical (unpaired) electrons. The van der Waals surface area contributed by atoms with E-state index < -0.39 is 0 Å². The van der Waals surface area contributed by atoms with Crippen LogP contribution in [0.3, 0.4) is 0 Å². The summed E-state index contributed by atoms with van der Waals surface area (Å²) in [6.07, 6.45) is 1.75. The average Bonchev–Trinajstić information content (AvgIpc) is 2.30. The minimum atomic E-state index is 0.0852. The lowest BCUT2D eigenvalue weighted by Crippen LogP contribution is -2.45. The van der Waals surface area contributed by atoms with Crippen LogP contribution in [0.2, 0.25) is 0 Å². The van der Waals surface area contributed by atoms with Gasteiger partial charge in [0.05, 0.1) is 5.56 Å². The first-order valence-corrected chi connectivity index (χ1v) is 5.41. The van der Waals surface area contributed by atoms with E-state index in [9.17, 15) is 0 Å². The van der Waals surface area contributed by atoms with E-state index in [1.54, 1.807) is 6.20 Å². The van der Waals surface area contributed by atoms with Gasteiger partial charge in [-0.2, -0.15) is 0 Å². The number of nitrogens with two attached hydrogens (primary N) is 1. The normalized spacial score (nSPS) is 17.4. The van der Waals surface area contributed by atoms with E-state index >= 15 is 0 Å². The maximum atomic E-state index is 7.54. The number of hydrogen-bond donors (Lipinski definition) is 2.